The minimum absolute atomic E-state index is 0.119. The van der Waals surface area contributed by atoms with Crippen LogP contribution >= 0.6 is 0 Å². The van der Waals surface area contributed by atoms with Gasteiger partial charge in [-0.2, -0.15) is 0 Å². The summed E-state index contributed by atoms with van der Waals surface area (Å²) in [4.78, 5) is 26.8. The van der Waals surface area contributed by atoms with Crippen LogP contribution in [0.5, 0.6) is 0 Å². The molecule has 1 aliphatic carbocycles. The summed E-state index contributed by atoms with van der Waals surface area (Å²) in [5.41, 5.74) is -0.149. The molecule has 2 fully saturated rings. The predicted molar refractivity (Wildman–Crippen MR) is 68.6 cm³/mol. The van der Waals surface area contributed by atoms with Crippen molar-refractivity contribution in [2.45, 2.75) is 38.8 Å². The summed E-state index contributed by atoms with van der Waals surface area (Å²) < 4.78 is 10.3. The molecule has 6 nitrogen and oxygen atoms in total. The van der Waals surface area contributed by atoms with Gasteiger partial charge in [0.25, 0.3) is 0 Å². The van der Waals surface area contributed by atoms with Crippen molar-refractivity contribution in [2.24, 2.45) is 5.41 Å². The maximum Gasteiger partial charge on any atom is 0.510 e. The quantitative estimate of drug-likeness (QED) is 0.720. The number of urea groups is 1. The van der Waals surface area contributed by atoms with Crippen molar-refractivity contribution >= 4 is 12.2 Å². The highest BCUT2D eigenvalue weighted by molar-refractivity contribution is 5.75. The lowest BCUT2D eigenvalue weighted by Crippen LogP contribution is -2.62. The number of rotatable bonds is 2. The molecule has 19 heavy (non-hydrogen) atoms. The molecule has 1 aliphatic heterocycles. The first-order valence-electron chi connectivity index (χ1n) is 6.81. The second-order valence-corrected chi connectivity index (χ2v) is 5.47. The molecule has 1 saturated heterocycles. The van der Waals surface area contributed by atoms with Gasteiger partial charge in [0.15, 0.2) is 6.23 Å². The van der Waals surface area contributed by atoms with Crippen LogP contribution < -0.4 is 0 Å². The van der Waals surface area contributed by atoms with E-state index in [2.05, 4.69) is 0 Å². The molecule has 0 bridgehead atoms. The van der Waals surface area contributed by atoms with Crippen LogP contribution in [0.4, 0.5) is 9.59 Å². The summed E-state index contributed by atoms with van der Waals surface area (Å²) in [6.45, 7) is 2.65. The highest BCUT2D eigenvalue weighted by atomic mass is 16.7. The van der Waals surface area contributed by atoms with Crippen LogP contribution in [0.1, 0.15) is 32.6 Å². The normalized spacial score (nSPS) is 25.8. The standard InChI is InChI=1S/C13H22N2O4/c1-4-18-12(17)19-10-13(7-5-6-8-13)9-14(2)11(16)15(10)3/h10H,4-9H2,1-3H3. The summed E-state index contributed by atoms with van der Waals surface area (Å²) in [5.74, 6) is 0. The topological polar surface area (TPSA) is 59.1 Å². The fraction of sp³-hybridized carbons (Fsp3) is 0.846. The molecule has 0 aromatic heterocycles. The van der Waals surface area contributed by atoms with E-state index in [-0.39, 0.29) is 18.1 Å². The van der Waals surface area contributed by atoms with Gasteiger partial charge in [-0.25, -0.2) is 9.59 Å². The molecule has 0 radical (unpaired) electrons. The van der Waals surface area contributed by atoms with E-state index in [1.165, 1.54) is 4.90 Å². The number of ether oxygens (including phenoxy) is 2. The number of hydrogen-bond acceptors (Lipinski definition) is 4. The van der Waals surface area contributed by atoms with Crippen LogP contribution in [-0.2, 0) is 9.47 Å². The lowest BCUT2D eigenvalue weighted by atomic mass is 9.81. The Balaban J connectivity index is 2.19. The van der Waals surface area contributed by atoms with E-state index in [1.54, 1.807) is 25.9 Å². The zero-order valence-corrected chi connectivity index (χ0v) is 11.8. The maximum atomic E-state index is 12.0. The number of hydrogen-bond donors (Lipinski definition) is 0. The highest BCUT2D eigenvalue weighted by Crippen LogP contribution is 2.46. The molecular weight excluding hydrogens is 248 g/mol. The highest BCUT2D eigenvalue weighted by Gasteiger charge is 2.52. The number of nitrogens with zero attached hydrogens (tertiary/aromatic N) is 2. The lowest BCUT2D eigenvalue weighted by molar-refractivity contribution is -0.117. The van der Waals surface area contributed by atoms with Gasteiger partial charge in [0, 0.05) is 26.1 Å². The third-order valence-corrected chi connectivity index (χ3v) is 4.13. The van der Waals surface area contributed by atoms with Gasteiger partial charge in [-0.15, -0.1) is 0 Å². The number of carbonyl (C=O) groups excluding carboxylic acids is 2. The molecule has 0 aromatic rings. The molecule has 2 amide bonds. The van der Waals surface area contributed by atoms with Gasteiger partial charge in [0.2, 0.25) is 0 Å². The van der Waals surface area contributed by atoms with Crippen molar-refractivity contribution in [1.82, 2.24) is 9.80 Å². The summed E-state index contributed by atoms with van der Waals surface area (Å²) >= 11 is 0. The average molecular weight is 270 g/mol. The molecule has 1 unspecified atom stereocenters. The van der Waals surface area contributed by atoms with E-state index in [9.17, 15) is 9.59 Å². The van der Waals surface area contributed by atoms with E-state index >= 15 is 0 Å². The Labute approximate surface area is 113 Å². The third kappa shape index (κ3) is 2.48. The van der Waals surface area contributed by atoms with Gasteiger partial charge >= 0.3 is 12.2 Å². The molecule has 1 spiro atoms. The van der Waals surface area contributed by atoms with Gasteiger partial charge in [-0.05, 0) is 19.8 Å². The molecule has 108 valence electrons. The molecule has 0 N–H and O–H groups in total. The van der Waals surface area contributed by atoms with Crippen molar-refractivity contribution in [2.75, 3.05) is 27.2 Å². The lowest BCUT2D eigenvalue weighted by Gasteiger charge is -2.48. The molecule has 2 aliphatic rings. The monoisotopic (exact) mass is 270 g/mol. The third-order valence-electron chi connectivity index (χ3n) is 4.13. The summed E-state index contributed by atoms with van der Waals surface area (Å²) in [6, 6.07) is -0.119. The summed E-state index contributed by atoms with van der Waals surface area (Å²) in [7, 11) is 3.47. The van der Waals surface area contributed by atoms with Crippen LogP contribution in [0.2, 0.25) is 0 Å². The number of carbonyl (C=O) groups is 2. The zero-order valence-electron chi connectivity index (χ0n) is 11.8. The van der Waals surface area contributed by atoms with Crippen LogP contribution in [0.15, 0.2) is 0 Å². The minimum atomic E-state index is -0.692. The molecule has 6 heteroatoms. The zero-order chi connectivity index (χ0) is 14.0. The SMILES string of the molecule is CCOC(=O)OC1N(C)C(=O)N(C)CC12CCCC2. The van der Waals surface area contributed by atoms with E-state index in [1.807, 2.05) is 0 Å². The van der Waals surface area contributed by atoms with Gasteiger partial charge in [-0.3, -0.25) is 4.90 Å². The Morgan fingerprint density at radius 3 is 2.58 bits per heavy atom. The maximum absolute atomic E-state index is 12.0. The van der Waals surface area contributed by atoms with Crippen molar-refractivity contribution in [3.63, 3.8) is 0 Å². The largest absolute Gasteiger partial charge is 0.510 e. The molecule has 1 atom stereocenters. The van der Waals surface area contributed by atoms with Crippen molar-refractivity contribution in [3.8, 4) is 0 Å². The van der Waals surface area contributed by atoms with Crippen LogP contribution in [-0.4, -0.2) is 55.5 Å². The van der Waals surface area contributed by atoms with Gasteiger partial charge in [0.1, 0.15) is 0 Å². The van der Waals surface area contributed by atoms with Gasteiger partial charge < -0.3 is 14.4 Å². The number of amides is 2. The minimum Gasteiger partial charge on any atom is -0.435 e. The molecule has 1 saturated carbocycles. The second-order valence-electron chi connectivity index (χ2n) is 5.47. The van der Waals surface area contributed by atoms with E-state index in [4.69, 9.17) is 9.47 Å². The van der Waals surface area contributed by atoms with Gasteiger partial charge in [-0.1, -0.05) is 12.8 Å². The van der Waals surface area contributed by atoms with Crippen LogP contribution in [0.3, 0.4) is 0 Å². The first-order valence-corrected chi connectivity index (χ1v) is 6.81. The van der Waals surface area contributed by atoms with Gasteiger partial charge in [0.05, 0.1) is 6.61 Å². The summed E-state index contributed by atoms with van der Waals surface area (Å²) in [6.07, 6.45) is 2.95. The Morgan fingerprint density at radius 1 is 1.37 bits per heavy atom. The Bertz CT molecular complexity index is 366. The molecular formula is C13H22N2O4. The first-order chi connectivity index (χ1) is 9.00. The van der Waals surface area contributed by atoms with E-state index in [0.29, 0.717) is 6.54 Å². The molecule has 2 rings (SSSR count). The Kier molecular flexibility index (Phi) is 3.87. The first kappa shape index (κ1) is 14.0. The predicted octanol–water partition coefficient (Wildman–Crippen LogP) is 2.04. The Hall–Kier alpha value is -1.46. The van der Waals surface area contributed by atoms with Crippen molar-refractivity contribution in [3.05, 3.63) is 0 Å². The smallest absolute Gasteiger partial charge is 0.435 e. The van der Waals surface area contributed by atoms with E-state index < -0.39 is 12.4 Å². The molecule has 0 aromatic carbocycles. The van der Waals surface area contributed by atoms with Crippen molar-refractivity contribution < 1.29 is 19.1 Å². The summed E-state index contributed by atoms with van der Waals surface area (Å²) in [5, 5.41) is 0. The fourth-order valence-corrected chi connectivity index (χ4v) is 3.33. The second kappa shape index (κ2) is 5.27. The van der Waals surface area contributed by atoms with Crippen LogP contribution in [0, 0.1) is 5.41 Å². The van der Waals surface area contributed by atoms with E-state index in [0.717, 1.165) is 25.7 Å². The van der Waals surface area contributed by atoms with Crippen LogP contribution in [0.25, 0.3) is 0 Å². The van der Waals surface area contributed by atoms with Crippen molar-refractivity contribution in [1.29, 1.82) is 0 Å². The fourth-order valence-electron chi connectivity index (χ4n) is 3.33. The Morgan fingerprint density at radius 2 is 2.00 bits per heavy atom. The average Bonchev–Trinajstić information content (AvgIpc) is 2.82. The molecule has 1 heterocycles.